The first-order chi connectivity index (χ1) is 13.4. The van der Waals surface area contributed by atoms with E-state index in [0.717, 1.165) is 12.1 Å². The standard InChI is InChI=1S/C19H16F3NO5/c1-26-16-9-12(5-7-15(16)28-19(21)22)6-8-18(25)27-11-17(24)23-14-4-2-3-13(20)10-14/h2-10,19H,11H2,1H3,(H,23,24)/b8-6+. The molecule has 0 spiro atoms. The zero-order valence-electron chi connectivity index (χ0n) is 14.7. The number of methoxy groups -OCH3 is 1. The highest BCUT2D eigenvalue weighted by molar-refractivity contribution is 5.94. The molecule has 1 amide bonds. The van der Waals surface area contributed by atoms with Gasteiger partial charge in [-0.3, -0.25) is 4.79 Å². The van der Waals surface area contributed by atoms with Gasteiger partial charge in [0.15, 0.2) is 18.1 Å². The Morgan fingerprint density at radius 2 is 1.93 bits per heavy atom. The maximum Gasteiger partial charge on any atom is 0.387 e. The minimum atomic E-state index is -3.00. The summed E-state index contributed by atoms with van der Waals surface area (Å²) in [5, 5.41) is 2.38. The van der Waals surface area contributed by atoms with Crippen LogP contribution < -0.4 is 14.8 Å². The van der Waals surface area contributed by atoms with Gasteiger partial charge in [0.1, 0.15) is 5.82 Å². The third-order valence-corrected chi connectivity index (χ3v) is 3.27. The number of amides is 1. The number of rotatable bonds is 8. The summed E-state index contributed by atoms with van der Waals surface area (Å²) in [6, 6.07) is 9.33. The van der Waals surface area contributed by atoms with Crippen molar-refractivity contribution in [3.05, 3.63) is 59.9 Å². The second kappa shape index (κ2) is 10.0. The molecule has 0 bridgehead atoms. The van der Waals surface area contributed by atoms with Crippen LogP contribution in [-0.2, 0) is 14.3 Å². The van der Waals surface area contributed by atoms with Crippen molar-refractivity contribution in [1.29, 1.82) is 0 Å². The lowest BCUT2D eigenvalue weighted by molar-refractivity contribution is -0.142. The fourth-order valence-corrected chi connectivity index (χ4v) is 2.09. The molecule has 6 nitrogen and oxygen atoms in total. The minimum Gasteiger partial charge on any atom is -0.493 e. The van der Waals surface area contributed by atoms with Gasteiger partial charge in [0.05, 0.1) is 7.11 Å². The number of anilines is 1. The summed E-state index contributed by atoms with van der Waals surface area (Å²) in [6.45, 7) is -3.56. The van der Waals surface area contributed by atoms with Crippen molar-refractivity contribution in [1.82, 2.24) is 0 Å². The Bertz CT molecular complexity index is 870. The first kappa shape index (κ1) is 20.8. The Hall–Kier alpha value is -3.49. The largest absolute Gasteiger partial charge is 0.493 e. The highest BCUT2D eigenvalue weighted by atomic mass is 19.3. The molecule has 148 valence electrons. The molecule has 0 saturated heterocycles. The smallest absolute Gasteiger partial charge is 0.387 e. The first-order valence-corrected chi connectivity index (χ1v) is 7.90. The fourth-order valence-electron chi connectivity index (χ4n) is 2.09. The molecular formula is C19H16F3NO5. The van der Waals surface area contributed by atoms with Crippen LogP contribution in [0.5, 0.6) is 11.5 Å². The second-order valence-corrected chi connectivity index (χ2v) is 5.29. The van der Waals surface area contributed by atoms with Crippen LogP contribution in [0.2, 0.25) is 0 Å². The van der Waals surface area contributed by atoms with Crippen molar-refractivity contribution in [3.8, 4) is 11.5 Å². The van der Waals surface area contributed by atoms with Crippen molar-refractivity contribution >= 4 is 23.6 Å². The molecule has 0 aliphatic carbocycles. The van der Waals surface area contributed by atoms with Gasteiger partial charge < -0.3 is 19.5 Å². The van der Waals surface area contributed by atoms with Crippen molar-refractivity contribution in [2.45, 2.75) is 6.61 Å². The number of nitrogens with one attached hydrogen (secondary N) is 1. The van der Waals surface area contributed by atoms with Crippen LogP contribution >= 0.6 is 0 Å². The van der Waals surface area contributed by atoms with Crippen molar-refractivity contribution in [2.24, 2.45) is 0 Å². The molecule has 2 aromatic rings. The fraction of sp³-hybridized carbons (Fsp3) is 0.158. The van der Waals surface area contributed by atoms with Crippen LogP contribution in [0.4, 0.5) is 18.9 Å². The van der Waals surface area contributed by atoms with Gasteiger partial charge in [-0.1, -0.05) is 12.1 Å². The molecule has 0 radical (unpaired) electrons. The molecule has 0 fully saturated rings. The zero-order chi connectivity index (χ0) is 20.5. The average Bonchev–Trinajstić information content (AvgIpc) is 2.65. The maximum atomic E-state index is 13.0. The number of carbonyl (C=O) groups excluding carboxylic acids is 2. The molecule has 28 heavy (non-hydrogen) atoms. The molecule has 0 atom stereocenters. The Labute approximate surface area is 158 Å². The Kier molecular flexibility index (Phi) is 7.44. The summed E-state index contributed by atoms with van der Waals surface area (Å²) in [7, 11) is 1.28. The quantitative estimate of drug-likeness (QED) is 0.546. The average molecular weight is 395 g/mol. The maximum absolute atomic E-state index is 13.0. The van der Waals surface area contributed by atoms with Crippen LogP contribution in [-0.4, -0.2) is 32.2 Å². The van der Waals surface area contributed by atoms with Gasteiger partial charge in [-0.15, -0.1) is 0 Å². The van der Waals surface area contributed by atoms with Gasteiger partial charge in [-0.05, 0) is 42.0 Å². The summed E-state index contributed by atoms with van der Waals surface area (Å²) >= 11 is 0. The number of alkyl halides is 2. The Morgan fingerprint density at radius 3 is 2.61 bits per heavy atom. The van der Waals surface area contributed by atoms with E-state index in [-0.39, 0.29) is 17.2 Å². The topological polar surface area (TPSA) is 73.9 Å². The molecule has 2 aromatic carbocycles. The molecule has 0 aliphatic heterocycles. The van der Waals surface area contributed by atoms with Crippen molar-refractivity contribution in [2.75, 3.05) is 19.0 Å². The molecule has 0 aromatic heterocycles. The van der Waals surface area contributed by atoms with Crippen molar-refractivity contribution in [3.63, 3.8) is 0 Å². The summed E-state index contributed by atoms with van der Waals surface area (Å²) in [5.74, 6) is -2.04. The SMILES string of the molecule is COc1cc(/C=C/C(=O)OCC(=O)Nc2cccc(F)c2)ccc1OC(F)F. The van der Waals surface area contributed by atoms with Gasteiger partial charge in [0, 0.05) is 11.8 Å². The third kappa shape index (κ3) is 6.67. The number of carbonyl (C=O) groups is 2. The number of hydrogen-bond donors (Lipinski definition) is 1. The van der Waals surface area contributed by atoms with Crippen LogP contribution in [0.25, 0.3) is 6.08 Å². The summed E-state index contributed by atoms with van der Waals surface area (Å²) < 4.78 is 51.6. The highest BCUT2D eigenvalue weighted by Gasteiger charge is 2.11. The Balaban J connectivity index is 1.88. The van der Waals surface area contributed by atoms with E-state index in [1.54, 1.807) is 0 Å². The Morgan fingerprint density at radius 1 is 1.14 bits per heavy atom. The number of hydrogen-bond acceptors (Lipinski definition) is 5. The van der Waals surface area contributed by atoms with Crippen LogP contribution in [0.15, 0.2) is 48.5 Å². The number of ether oxygens (including phenoxy) is 3. The molecule has 2 rings (SSSR count). The minimum absolute atomic E-state index is 0.0605. The molecule has 0 unspecified atom stereocenters. The van der Waals surface area contributed by atoms with Gasteiger partial charge in [-0.2, -0.15) is 8.78 Å². The lowest BCUT2D eigenvalue weighted by atomic mass is 10.2. The summed E-state index contributed by atoms with van der Waals surface area (Å²) in [5.41, 5.74) is 0.689. The zero-order valence-corrected chi connectivity index (χ0v) is 14.7. The number of benzene rings is 2. The molecule has 9 heteroatoms. The van der Waals surface area contributed by atoms with E-state index in [4.69, 9.17) is 9.47 Å². The number of halogens is 3. The van der Waals surface area contributed by atoms with Crippen LogP contribution in [0, 0.1) is 5.82 Å². The number of esters is 1. The van der Waals surface area contributed by atoms with E-state index in [1.165, 1.54) is 49.6 Å². The van der Waals surface area contributed by atoms with E-state index in [1.807, 2.05) is 0 Å². The molecule has 0 aliphatic rings. The highest BCUT2D eigenvalue weighted by Crippen LogP contribution is 2.29. The van der Waals surface area contributed by atoms with Gasteiger partial charge >= 0.3 is 12.6 Å². The van der Waals surface area contributed by atoms with Gasteiger partial charge in [0.2, 0.25) is 0 Å². The lowest BCUT2D eigenvalue weighted by Gasteiger charge is -2.10. The van der Waals surface area contributed by atoms with E-state index in [9.17, 15) is 22.8 Å². The van der Waals surface area contributed by atoms with E-state index in [2.05, 4.69) is 10.1 Å². The predicted octanol–water partition coefficient (Wildman–Crippen LogP) is 3.63. The van der Waals surface area contributed by atoms with Crippen molar-refractivity contribution < 1.29 is 37.0 Å². The molecular weight excluding hydrogens is 379 g/mol. The van der Waals surface area contributed by atoms with E-state index in [0.29, 0.717) is 5.56 Å². The molecule has 1 N–H and O–H groups in total. The molecule has 0 saturated carbocycles. The first-order valence-electron chi connectivity index (χ1n) is 7.90. The van der Waals surface area contributed by atoms with Crippen LogP contribution in [0.1, 0.15) is 5.56 Å². The normalized spacial score (nSPS) is 10.8. The predicted molar refractivity (Wildman–Crippen MR) is 94.6 cm³/mol. The molecule has 0 heterocycles. The lowest BCUT2D eigenvalue weighted by Crippen LogP contribution is -2.20. The van der Waals surface area contributed by atoms with E-state index >= 15 is 0 Å². The van der Waals surface area contributed by atoms with Gasteiger partial charge in [-0.25, -0.2) is 9.18 Å². The van der Waals surface area contributed by atoms with E-state index < -0.39 is 30.9 Å². The summed E-state index contributed by atoms with van der Waals surface area (Å²) in [4.78, 5) is 23.4. The second-order valence-electron chi connectivity index (χ2n) is 5.29. The van der Waals surface area contributed by atoms with Gasteiger partial charge in [0.25, 0.3) is 5.91 Å². The monoisotopic (exact) mass is 395 g/mol. The van der Waals surface area contributed by atoms with Crippen LogP contribution in [0.3, 0.4) is 0 Å². The summed E-state index contributed by atoms with van der Waals surface area (Å²) in [6.07, 6.45) is 2.40. The third-order valence-electron chi connectivity index (χ3n) is 3.27.